The van der Waals surface area contributed by atoms with Crippen LogP contribution in [-0.4, -0.2) is 0 Å². The fourth-order valence-corrected chi connectivity index (χ4v) is 3.67. The van der Waals surface area contributed by atoms with Crippen LogP contribution >= 0.6 is 27.3 Å². The van der Waals surface area contributed by atoms with Gasteiger partial charge in [-0.15, -0.1) is 11.3 Å². The van der Waals surface area contributed by atoms with Gasteiger partial charge >= 0.3 is 0 Å². The molecular weight excluding hydrogens is 323 g/mol. The summed E-state index contributed by atoms with van der Waals surface area (Å²) < 4.78 is 13.3. The summed E-state index contributed by atoms with van der Waals surface area (Å²) in [7, 11) is 0. The van der Waals surface area contributed by atoms with Crippen molar-refractivity contribution in [1.29, 1.82) is 0 Å². The topological polar surface area (TPSA) is 0 Å². The number of alkyl halides is 1. The molecule has 2 aromatic rings. The Morgan fingerprint density at radius 3 is 2.37 bits per heavy atom. The van der Waals surface area contributed by atoms with E-state index in [9.17, 15) is 4.39 Å². The highest BCUT2D eigenvalue weighted by atomic mass is 79.9. The maximum atomic E-state index is 13.3. The van der Waals surface area contributed by atoms with E-state index in [0.717, 1.165) is 5.56 Å². The molecule has 1 aromatic heterocycles. The Morgan fingerprint density at radius 2 is 1.84 bits per heavy atom. The number of benzene rings is 1. The molecule has 0 aliphatic carbocycles. The molecule has 0 aliphatic heterocycles. The first-order valence-electron chi connectivity index (χ1n) is 6.29. The van der Waals surface area contributed by atoms with Gasteiger partial charge in [0.15, 0.2) is 0 Å². The van der Waals surface area contributed by atoms with Crippen molar-refractivity contribution in [3.05, 3.63) is 57.0 Å². The van der Waals surface area contributed by atoms with E-state index in [1.165, 1.54) is 15.8 Å². The molecule has 1 heterocycles. The van der Waals surface area contributed by atoms with Crippen LogP contribution in [0, 0.1) is 12.7 Å². The lowest BCUT2D eigenvalue weighted by molar-refractivity contribution is 0.604. The number of halogens is 2. The van der Waals surface area contributed by atoms with Gasteiger partial charge < -0.3 is 0 Å². The monoisotopic (exact) mass is 340 g/mol. The molecule has 3 heteroatoms. The minimum Gasteiger partial charge on any atom is -0.207 e. The quantitative estimate of drug-likeness (QED) is 0.590. The minimum absolute atomic E-state index is 0.132. The van der Waals surface area contributed by atoms with Gasteiger partial charge in [-0.05, 0) is 41.7 Å². The Kier molecular flexibility index (Phi) is 4.17. The fraction of sp³-hybridized carbons (Fsp3) is 0.375. The molecule has 2 rings (SSSR count). The molecule has 1 unspecified atom stereocenters. The SMILES string of the molecule is Cc1cc(C(Br)c2ccc(C(C)(C)C)s2)ccc1F. The zero-order chi connectivity index (χ0) is 14.2. The first kappa shape index (κ1) is 14.7. The van der Waals surface area contributed by atoms with Crippen molar-refractivity contribution in [2.75, 3.05) is 0 Å². The van der Waals surface area contributed by atoms with E-state index < -0.39 is 0 Å². The Bertz CT molecular complexity index is 581. The Labute approximate surface area is 126 Å². The molecule has 19 heavy (non-hydrogen) atoms. The van der Waals surface area contributed by atoms with Crippen molar-refractivity contribution >= 4 is 27.3 Å². The standard InChI is InChI=1S/C16H18BrFS/c1-10-9-11(5-6-12(10)18)15(17)13-7-8-14(19-13)16(2,3)4/h5-9,15H,1-4H3. The first-order valence-corrected chi connectivity index (χ1v) is 8.02. The van der Waals surface area contributed by atoms with E-state index >= 15 is 0 Å². The molecule has 102 valence electrons. The van der Waals surface area contributed by atoms with Gasteiger partial charge in [0.1, 0.15) is 5.82 Å². The molecule has 0 saturated carbocycles. The van der Waals surface area contributed by atoms with E-state index in [-0.39, 0.29) is 16.1 Å². The summed E-state index contributed by atoms with van der Waals surface area (Å²) in [6.07, 6.45) is 0. The van der Waals surface area contributed by atoms with Gasteiger partial charge in [-0.2, -0.15) is 0 Å². The van der Waals surface area contributed by atoms with E-state index in [1.54, 1.807) is 6.92 Å². The Balaban J connectivity index is 2.31. The average Bonchev–Trinajstić information content (AvgIpc) is 2.81. The maximum absolute atomic E-state index is 13.3. The molecule has 0 amide bonds. The first-order chi connectivity index (χ1) is 8.79. The highest BCUT2D eigenvalue weighted by molar-refractivity contribution is 9.09. The van der Waals surface area contributed by atoms with Crippen LogP contribution in [0.1, 0.15) is 46.5 Å². The molecule has 0 N–H and O–H groups in total. The van der Waals surface area contributed by atoms with Gasteiger partial charge in [-0.3, -0.25) is 0 Å². The minimum atomic E-state index is -0.148. The van der Waals surface area contributed by atoms with Crippen LogP contribution in [0.4, 0.5) is 4.39 Å². The molecular formula is C16H18BrFS. The normalized spacial score (nSPS) is 13.6. The Hall–Kier alpha value is -0.670. The fourth-order valence-electron chi connectivity index (χ4n) is 1.88. The van der Waals surface area contributed by atoms with Crippen LogP contribution in [-0.2, 0) is 5.41 Å². The average molecular weight is 341 g/mol. The van der Waals surface area contributed by atoms with Crippen molar-refractivity contribution in [3.8, 4) is 0 Å². The van der Waals surface area contributed by atoms with Gasteiger partial charge in [0, 0.05) is 9.75 Å². The summed E-state index contributed by atoms with van der Waals surface area (Å²) in [6.45, 7) is 8.45. The van der Waals surface area contributed by atoms with E-state index in [0.29, 0.717) is 5.56 Å². The number of thiophene rings is 1. The van der Waals surface area contributed by atoms with Crippen LogP contribution in [0.3, 0.4) is 0 Å². The lowest BCUT2D eigenvalue weighted by Gasteiger charge is -2.16. The summed E-state index contributed by atoms with van der Waals surface area (Å²) in [5.41, 5.74) is 1.96. The maximum Gasteiger partial charge on any atom is 0.126 e. The number of aryl methyl sites for hydroxylation is 1. The molecule has 0 spiro atoms. The second-order valence-electron chi connectivity index (χ2n) is 5.82. The highest BCUT2D eigenvalue weighted by Gasteiger charge is 2.19. The third-order valence-corrected chi connectivity index (χ3v) is 5.99. The second kappa shape index (κ2) is 5.37. The molecule has 1 aromatic carbocycles. The third-order valence-electron chi connectivity index (χ3n) is 3.09. The van der Waals surface area contributed by atoms with Crippen LogP contribution in [0.5, 0.6) is 0 Å². The van der Waals surface area contributed by atoms with Crippen molar-refractivity contribution in [1.82, 2.24) is 0 Å². The molecule has 0 bridgehead atoms. The van der Waals surface area contributed by atoms with Crippen molar-refractivity contribution in [2.24, 2.45) is 0 Å². The van der Waals surface area contributed by atoms with Gasteiger partial charge in [0.05, 0.1) is 4.83 Å². The van der Waals surface area contributed by atoms with Crippen molar-refractivity contribution < 1.29 is 4.39 Å². The molecule has 0 nitrogen and oxygen atoms in total. The van der Waals surface area contributed by atoms with Crippen LogP contribution in [0.2, 0.25) is 0 Å². The lowest BCUT2D eigenvalue weighted by Crippen LogP contribution is -2.07. The molecule has 0 saturated heterocycles. The summed E-state index contributed by atoms with van der Waals surface area (Å²) in [5, 5.41) is 0. The van der Waals surface area contributed by atoms with Crippen LogP contribution in [0.15, 0.2) is 30.3 Å². The summed E-state index contributed by atoms with van der Waals surface area (Å²) in [4.78, 5) is 2.76. The summed E-state index contributed by atoms with van der Waals surface area (Å²) in [5.74, 6) is -0.148. The zero-order valence-corrected chi connectivity index (χ0v) is 14.0. The zero-order valence-electron chi connectivity index (χ0n) is 11.6. The Morgan fingerprint density at radius 1 is 1.16 bits per heavy atom. The number of rotatable bonds is 2. The summed E-state index contributed by atoms with van der Waals surface area (Å²) >= 11 is 5.53. The van der Waals surface area contributed by atoms with Gasteiger partial charge in [0.25, 0.3) is 0 Å². The van der Waals surface area contributed by atoms with Gasteiger partial charge in [-0.25, -0.2) is 4.39 Å². The predicted molar refractivity (Wildman–Crippen MR) is 84.9 cm³/mol. The molecule has 1 atom stereocenters. The molecule has 0 aliphatic rings. The van der Waals surface area contributed by atoms with Crippen molar-refractivity contribution in [3.63, 3.8) is 0 Å². The van der Waals surface area contributed by atoms with E-state index in [4.69, 9.17) is 0 Å². The lowest BCUT2D eigenvalue weighted by atomic mass is 9.95. The predicted octanol–water partition coefficient (Wildman–Crippen LogP) is 5.98. The molecule has 0 fully saturated rings. The summed E-state index contributed by atoms with van der Waals surface area (Å²) in [6, 6.07) is 9.63. The second-order valence-corrected chi connectivity index (χ2v) is 7.85. The van der Waals surface area contributed by atoms with E-state index in [1.807, 2.05) is 23.5 Å². The number of hydrogen-bond donors (Lipinski definition) is 0. The van der Waals surface area contributed by atoms with Gasteiger partial charge in [-0.1, -0.05) is 48.8 Å². The van der Waals surface area contributed by atoms with Crippen molar-refractivity contribution in [2.45, 2.75) is 37.9 Å². The van der Waals surface area contributed by atoms with E-state index in [2.05, 4.69) is 48.8 Å². The number of hydrogen-bond acceptors (Lipinski definition) is 1. The largest absolute Gasteiger partial charge is 0.207 e. The van der Waals surface area contributed by atoms with Crippen LogP contribution in [0.25, 0.3) is 0 Å². The van der Waals surface area contributed by atoms with Gasteiger partial charge in [0.2, 0.25) is 0 Å². The third kappa shape index (κ3) is 3.26. The molecule has 0 radical (unpaired) electrons. The smallest absolute Gasteiger partial charge is 0.126 e. The van der Waals surface area contributed by atoms with Crippen LogP contribution < -0.4 is 0 Å². The highest BCUT2D eigenvalue weighted by Crippen LogP contribution is 2.39.